The Morgan fingerprint density at radius 3 is 2.42 bits per heavy atom. The molecule has 0 spiro atoms. The second-order valence-corrected chi connectivity index (χ2v) is 9.34. The van der Waals surface area contributed by atoms with Gasteiger partial charge in [-0.15, -0.1) is 0 Å². The van der Waals surface area contributed by atoms with Gasteiger partial charge in [-0.2, -0.15) is 0 Å². The molecule has 1 aromatic heterocycles. The highest BCUT2D eigenvalue weighted by Gasteiger charge is 2.32. The summed E-state index contributed by atoms with van der Waals surface area (Å²) in [5.41, 5.74) is 2.11. The average Bonchev–Trinajstić information content (AvgIpc) is 2.78. The number of carbonyl (C=O) groups is 2. The van der Waals surface area contributed by atoms with Gasteiger partial charge in [0.1, 0.15) is 11.6 Å². The van der Waals surface area contributed by atoms with Crippen LogP contribution >= 0.6 is 0 Å². The van der Waals surface area contributed by atoms with E-state index in [-0.39, 0.29) is 17.9 Å². The van der Waals surface area contributed by atoms with Crippen molar-refractivity contribution in [1.82, 2.24) is 24.7 Å². The molecule has 170 valence electrons. The van der Waals surface area contributed by atoms with Gasteiger partial charge < -0.3 is 14.7 Å². The first-order chi connectivity index (χ1) is 14.9. The first-order valence-electron chi connectivity index (χ1n) is 11.8. The lowest BCUT2D eigenvalue weighted by atomic mass is 9.99. The van der Waals surface area contributed by atoms with Gasteiger partial charge in [0.05, 0.1) is 24.8 Å². The molecule has 0 N–H and O–H groups in total. The molecule has 31 heavy (non-hydrogen) atoms. The van der Waals surface area contributed by atoms with Gasteiger partial charge in [-0.3, -0.25) is 14.5 Å². The molecule has 4 heterocycles. The normalized spacial score (nSPS) is 22.2. The highest BCUT2D eigenvalue weighted by molar-refractivity contribution is 5.78. The van der Waals surface area contributed by atoms with Crippen molar-refractivity contribution in [2.24, 2.45) is 0 Å². The van der Waals surface area contributed by atoms with Crippen molar-refractivity contribution >= 4 is 17.6 Å². The number of aromatic nitrogens is 2. The summed E-state index contributed by atoms with van der Waals surface area (Å²) in [6.45, 7) is 6.05. The maximum Gasteiger partial charge on any atom is 0.236 e. The first kappa shape index (κ1) is 22.0. The third-order valence-corrected chi connectivity index (χ3v) is 6.88. The second kappa shape index (κ2) is 9.51. The lowest BCUT2D eigenvalue weighted by Crippen LogP contribution is -2.45. The molecule has 1 atom stereocenters. The zero-order valence-corrected chi connectivity index (χ0v) is 19.3. The molecule has 0 saturated carbocycles. The van der Waals surface area contributed by atoms with Crippen LogP contribution in [-0.2, 0) is 22.6 Å². The zero-order valence-electron chi connectivity index (χ0n) is 19.3. The zero-order chi connectivity index (χ0) is 22.0. The maximum atomic E-state index is 12.9. The van der Waals surface area contributed by atoms with E-state index in [0.717, 1.165) is 81.1 Å². The minimum absolute atomic E-state index is 0.0809. The fourth-order valence-corrected chi connectivity index (χ4v) is 5.09. The number of piperidine rings is 2. The molecule has 0 aliphatic carbocycles. The summed E-state index contributed by atoms with van der Waals surface area (Å²) in [7, 11) is 4.00. The Bertz CT molecular complexity index is 821. The predicted octanol–water partition coefficient (Wildman–Crippen LogP) is 1.99. The molecule has 3 aliphatic rings. The molecule has 3 aliphatic heterocycles. The van der Waals surface area contributed by atoms with Crippen molar-refractivity contribution in [3.63, 3.8) is 0 Å². The smallest absolute Gasteiger partial charge is 0.236 e. The van der Waals surface area contributed by atoms with Crippen LogP contribution in [0.3, 0.4) is 0 Å². The molecule has 1 aromatic rings. The average molecular weight is 429 g/mol. The van der Waals surface area contributed by atoms with Crippen molar-refractivity contribution in [3.05, 3.63) is 17.1 Å². The lowest BCUT2D eigenvalue weighted by Gasteiger charge is -2.37. The van der Waals surface area contributed by atoms with Gasteiger partial charge in [-0.25, -0.2) is 9.97 Å². The van der Waals surface area contributed by atoms with Gasteiger partial charge in [-0.1, -0.05) is 6.42 Å². The van der Waals surface area contributed by atoms with Crippen LogP contribution in [-0.4, -0.2) is 83.3 Å². The van der Waals surface area contributed by atoms with E-state index in [2.05, 4.69) is 4.90 Å². The Morgan fingerprint density at radius 1 is 0.968 bits per heavy atom. The van der Waals surface area contributed by atoms with E-state index in [4.69, 9.17) is 9.97 Å². The van der Waals surface area contributed by atoms with E-state index in [9.17, 15) is 9.59 Å². The number of carbonyl (C=O) groups excluding carboxylic acids is 2. The number of anilines is 1. The van der Waals surface area contributed by atoms with Crippen molar-refractivity contribution in [3.8, 4) is 0 Å². The molecule has 1 unspecified atom stereocenters. The Kier molecular flexibility index (Phi) is 6.74. The van der Waals surface area contributed by atoms with Gasteiger partial charge in [0.25, 0.3) is 0 Å². The molecular weight excluding hydrogens is 392 g/mol. The van der Waals surface area contributed by atoms with Crippen LogP contribution < -0.4 is 4.90 Å². The molecule has 2 saturated heterocycles. The number of rotatable bonds is 4. The van der Waals surface area contributed by atoms with Crippen LogP contribution in [0, 0.1) is 0 Å². The summed E-state index contributed by atoms with van der Waals surface area (Å²) >= 11 is 0. The van der Waals surface area contributed by atoms with Gasteiger partial charge in [0.2, 0.25) is 11.8 Å². The van der Waals surface area contributed by atoms with Gasteiger partial charge in [-0.05, 0) is 38.6 Å². The topological polar surface area (TPSA) is 72.9 Å². The van der Waals surface area contributed by atoms with Gasteiger partial charge in [0, 0.05) is 52.6 Å². The SMILES string of the molecule is CC(=O)N1CCc2nc(C3CCCCN3CC(=O)N3CCCCC3)nc(N(C)C)c2C1. The number of nitrogens with zero attached hydrogens (tertiary/aromatic N) is 6. The minimum atomic E-state index is 0.0809. The number of amides is 2. The fraction of sp³-hybridized carbons (Fsp3) is 0.739. The van der Waals surface area contributed by atoms with E-state index >= 15 is 0 Å². The third kappa shape index (κ3) is 4.84. The molecule has 2 amide bonds. The molecule has 0 radical (unpaired) electrons. The van der Waals surface area contributed by atoms with Crippen molar-refractivity contribution in [1.29, 1.82) is 0 Å². The second-order valence-electron chi connectivity index (χ2n) is 9.34. The largest absolute Gasteiger partial charge is 0.362 e. The Morgan fingerprint density at radius 2 is 1.71 bits per heavy atom. The number of likely N-dealkylation sites (tertiary alicyclic amines) is 2. The monoisotopic (exact) mass is 428 g/mol. The molecule has 2 fully saturated rings. The van der Waals surface area contributed by atoms with E-state index in [1.165, 1.54) is 6.42 Å². The summed E-state index contributed by atoms with van der Waals surface area (Å²) in [5.74, 6) is 2.08. The molecule has 8 nitrogen and oxygen atoms in total. The predicted molar refractivity (Wildman–Crippen MR) is 120 cm³/mol. The van der Waals surface area contributed by atoms with E-state index in [0.29, 0.717) is 19.6 Å². The van der Waals surface area contributed by atoms with E-state index in [1.54, 1.807) is 6.92 Å². The summed E-state index contributed by atoms with van der Waals surface area (Å²) in [6.07, 6.45) is 7.45. The summed E-state index contributed by atoms with van der Waals surface area (Å²) < 4.78 is 0. The van der Waals surface area contributed by atoms with Gasteiger partial charge >= 0.3 is 0 Å². The Balaban J connectivity index is 1.58. The number of hydrogen-bond donors (Lipinski definition) is 0. The summed E-state index contributed by atoms with van der Waals surface area (Å²) in [4.78, 5) is 43.1. The standard InChI is InChI=1S/C23H36N6O2/c1-17(30)28-14-10-19-18(15-28)23(26(2)3)25-22(24-19)20-9-5-8-13-29(20)16-21(31)27-11-6-4-7-12-27/h20H,4-16H2,1-3H3. The molecule has 0 aromatic carbocycles. The number of hydrogen-bond acceptors (Lipinski definition) is 6. The Hall–Kier alpha value is -2.22. The maximum absolute atomic E-state index is 12.9. The van der Waals surface area contributed by atoms with Crippen molar-refractivity contribution in [2.75, 3.05) is 51.7 Å². The Labute approximate surface area is 185 Å². The van der Waals surface area contributed by atoms with E-state index < -0.39 is 0 Å². The highest BCUT2D eigenvalue weighted by Crippen LogP contribution is 2.33. The molecule has 8 heteroatoms. The van der Waals surface area contributed by atoms with Crippen LogP contribution in [0.15, 0.2) is 0 Å². The lowest BCUT2D eigenvalue weighted by molar-refractivity contribution is -0.134. The third-order valence-electron chi connectivity index (χ3n) is 6.88. The fourth-order valence-electron chi connectivity index (χ4n) is 5.09. The van der Waals surface area contributed by atoms with Crippen molar-refractivity contribution < 1.29 is 9.59 Å². The molecular formula is C23H36N6O2. The van der Waals surface area contributed by atoms with Crippen LogP contribution in [0.1, 0.15) is 68.6 Å². The van der Waals surface area contributed by atoms with E-state index in [1.807, 2.05) is 28.8 Å². The number of fused-ring (bicyclic) bond motifs is 1. The summed E-state index contributed by atoms with van der Waals surface area (Å²) in [5, 5.41) is 0. The van der Waals surface area contributed by atoms with Crippen LogP contribution in [0.2, 0.25) is 0 Å². The highest BCUT2D eigenvalue weighted by atomic mass is 16.2. The van der Waals surface area contributed by atoms with Crippen LogP contribution in [0.25, 0.3) is 0 Å². The van der Waals surface area contributed by atoms with Gasteiger partial charge in [0.15, 0.2) is 0 Å². The van der Waals surface area contributed by atoms with Crippen LogP contribution in [0.5, 0.6) is 0 Å². The van der Waals surface area contributed by atoms with Crippen molar-refractivity contribution in [2.45, 2.75) is 64.5 Å². The molecule has 4 rings (SSSR count). The molecule has 0 bridgehead atoms. The quantitative estimate of drug-likeness (QED) is 0.730. The first-order valence-corrected chi connectivity index (χ1v) is 11.8. The minimum Gasteiger partial charge on any atom is -0.362 e. The summed E-state index contributed by atoms with van der Waals surface area (Å²) in [6, 6.07) is 0.0809. The van der Waals surface area contributed by atoms with Crippen LogP contribution in [0.4, 0.5) is 5.82 Å².